The van der Waals surface area contributed by atoms with Crippen molar-refractivity contribution in [2.45, 2.75) is 23.8 Å². The van der Waals surface area contributed by atoms with E-state index in [-0.39, 0.29) is 17.5 Å². The summed E-state index contributed by atoms with van der Waals surface area (Å²) in [6.07, 6.45) is 1.42. The van der Waals surface area contributed by atoms with Crippen LogP contribution >= 0.6 is 0 Å². The second kappa shape index (κ2) is 6.62. The van der Waals surface area contributed by atoms with Crippen LogP contribution in [0.15, 0.2) is 29.2 Å². The van der Waals surface area contributed by atoms with Crippen LogP contribution in [-0.4, -0.2) is 50.1 Å². The number of hydrogen-bond donors (Lipinski definition) is 2. The molecular formula is C13H19FN2O3S. The Balaban J connectivity index is 2.00. The van der Waals surface area contributed by atoms with E-state index >= 15 is 0 Å². The van der Waals surface area contributed by atoms with Gasteiger partial charge in [-0.05, 0) is 37.1 Å². The lowest BCUT2D eigenvalue weighted by Gasteiger charge is -2.31. The van der Waals surface area contributed by atoms with Crippen LogP contribution in [0.25, 0.3) is 0 Å². The molecule has 1 fully saturated rings. The van der Waals surface area contributed by atoms with Gasteiger partial charge in [0.15, 0.2) is 0 Å². The molecule has 0 aliphatic carbocycles. The van der Waals surface area contributed by atoms with Gasteiger partial charge in [0, 0.05) is 25.7 Å². The van der Waals surface area contributed by atoms with Gasteiger partial charge in [-0.3, -0.25) is 0 Å². The second-order valence-corrected chi connectivity index (χ2v) is 6.75. The molecule has 1 aliphatic rings. The number of sulfonamides is 1. The van der Waals surface area contributed by atoms with Gasteiger partial charge in [-0.25, -0.2) is 12.8 Å². The van der Waals surface area contributed by atoms with E-state index in [0.29, 0.717) is 32.5 Å². The Hall–Kier alpha value is -1.02. The quantitative estimate of drug-likeness (QED) is 0.834. The molecule has 1 aromatic carbocycles. The fourth-order valence-electron chi connectivity index (χ4n) is 2.32. The molecular weight excluding hydrogens is 283 g/mol. The molecule has 2 N–H and O–H groups in total. The van der Waals surface area contributed by atoms with Gasteiger partial charge >= 0.3 is 0 Å². The molecule has 7 heteroatoms. The van der Waals surface area contributed by atoms with Gasteiger partial charge in [-0.1, -0.05) is 0 Å². The molecule has 0 radical (unpaired) electrons. The largest absolute Gasteiger partial charge is 0.395 e. The zero-order valence-corrected chi connectivity index (χ0v) is 11.9. The minimum Gasteiger partial charge on any atom is -0.395 e. The van der Waals surface area contributed by atoms with Gasteiger partial charge < -0.3 is 10.4 Å². The molecule has 20 heavy (non-hydrogen) atoms. The molecule has 1 saturated heterocycles. The van der Waals surface area contributed by atoms with Crippen molar-refractivity contribution in [3.05, 3.63) is 30.1 Å². The van der Waals surface area contributed by atoms with Crippen LogP contribution in [0.3, 0.4) is 0 Å². The van der Waals surface area contributed by atoms with Gasteiger partial charge in [0.1, 0.15) is 5.82 Å². The first-order chi connectivity index (χ1) is 9.54. The Kier molecular flexibility index (Phi) is 5.09. The summed E-state index contributed by atoms with van der Waals surface area (Å²) in [6.45, 7) is 1.47. The Morgan fingerprint density at radius 3 is 2.40 bits per heavy atom. The third-order valence-electron chi connectivity index (χ3n) is 3.45. The van der Waals surface area contributed by atoms with E-state index in [0.717, 1.165) is 12.1 Å². The molecule has 5 nitrogen and oxygen atoms in total. The lowest BCUT2D eigenvalue weighted by molar-refractivity contribution is 0.252. The number of benzene rings is 1. The highest BCUT2D eigenvalue weighted by Crippen LogP contribution is 2.20. The van der Waals surface area contributed by atoms with E-state index in [1.807, 2.05) is 0 Å². The zero-order chi connectivity index (χ0) is 14.6. The van der Waals surface area contributed by atoms with Crippen LogP contribution in [0.5, 0.6) is 0 Å². The summed E-state index contributed by atoms with van der Waals surface area (Å²) in [7, 11) is -3.53. The number of aliphatic hydroxyl groups is 1. The first-order valence-electron chi connectivity index (χ1n) is 6.64. The monoisotopic (exact) mass is 302 g/mol. The van der Waals surface area contributed by atoms with Crippen LogP contribution in [0.4, 0.5) is 4.39 Å². The zero-order valence-electron chi connectivity index (χ0n) is 11.1. The number of rotatable bonds is 5. The second-order valence-electron chi connectivity index (χ2n) is 4.81. The highest BCUT2D eigenvalue weighted by atomic mass is 32.2. The smallest absolute Gasteiger partial charge is 0.243 e. The summed E-state index contributed by atoms with van der Waals surface area (Å²) < 4.78 is 39.0. The van der Waals surface area contributed by atoms with Gasteiger partial charge in [0.2, 0.25) is 10.0 Å². The molecule has 1 aliphatic heterocycles. The van der Waals surface area contributed by atoms with Crippen LogP contribution in [0, 0.1) is 5.82 Å². The summed E-state index contributed by atoms with van der Waals surface area (Å²) in [5.41, 5.74) is 0. The number of halogens is 1. The predicted octanol–water partition coefficient (Wildman–Crippen LogP) is 0.561. The summed E-state index contributed by atoms with van der Waals surface area (Å²) in [6, 6.07) is 5.13. The predicted molar refractivity (Wildman–Crippen MR) is 73.3 cm³/mol. The maximum Gasteiger partial charge on any atom is 0.243 e. The molecule has 0 atom stereocenters. The number of nitrogens with one attached hydrogen (secondary N) is 1. The molecule has 1 heterocycles. The molecule has 1 aromatic rings. The Morgan fingerprint density at radius 1 is 1.25 bits per heavy atom. The van der Waals surface area contributed by atoms with Crippen LogP contribution in [-0.2, 0) is 10.0 Å². The molecule has 112 valence electrons. The number of aliphatic hydroxyl groups excluding tert-OH is 1. The lowest BCUT2D eigenvalue weighted by Crippen LogP contribution is -2.45. The minimum absolute atomic E-state index is 0.0775. The molecule has 0 saturated carbocycles. The Labute approximate surface area is 118 Å². The van der Waals surface area contributed by atoms with Gasteiger partial charge in [-0.2, -0.15) is 4.31 Å². The number of hydrogen-bond acceptors (Lipinski definition) is 4. The van der Waals surface area contributed by atoms with E-state index in [1.54, 1.807) is 0 Å². The van der Waals surface area contributed by atoms with E-state index < -0.39 is 15.8 Å². The first-order valence-corrected chi connectivity index (χ1v) is 8.08. The van der Waals surface area contributed by atoms with E-state index in [1.165, 1.54) is 16.4 Å². The molecule has 0 bridgehead atoms. The van der Waals surface area contributed by atoms with Gasteiger partial charge in [-0.15, -0.1) is 0 Å². The topological polar surface area (TPSA) is 69.6 Å². The van der Waals surface area contributed by atoms with Crippen molar-refractivity contribution in [2.24, 2.45) is 0 Å². The van der Waals surface area contributed by atoms with Crippen molar-refractivity contribution in [3.63, 3.8) is 0 Å². The van der Waals surface area contributed by atoms with Crippen molar-refractivity contribution in [1.29, 1.82) is 0 Å². The first kappa shape index (κ1) is 15.4. The molecule has 0 amide bonds. The minimum atomic E-state index is -3.53. The van der Waals surface area contributed by atoms with E-state index in [9.17, 15) is 12.8 Å². The normalized spacial score (nSPS) is 18.3. The van der Waals surface area contributed by atoms with Crippen LogP contribution in [0.2, 0.25) is 0 Å². The third kappa shape index (κ3) is 3.54. The van der Waals surface area contributed by atoms with Crippen molar-refractivity contribution >= 4 is 10.0 Å². The Morgan fingerprint density at radius 2 is 1.85 bits per heavy atom. The fourth-order valence-corrected chi connectivity index (χ4v) is 3.79. The van der Waals surface area contributed by atoms with E-state index in [2.05, 4.69) is 5.32 Å². The maximum absolute atomic E-state index is 12.8. The molecule has 0 unspecified atom stereocenters. The van der Waals surface area contributed by atoms with E-state index in [4.69, 9.17) is 5.11 Å². The number of nitrogens with zero attached hydrogens (tertiary/aromatic N) is 1. The lowest BCUT2D eigenvalue weighted by atomic mass is 10.1. The summed E-state index contributed by atoms with van der Waals surface area (Å²) in [4.78, 5) is 0.126. The third-order valence-corrected chi connectivity index (χ3v) is 5.36. The fraction of sp³-hybridized carbons (Fsp3) is 0.538. The molecule has 0 spiro atoms. The standard InChI is InChI=1S/C13H19FN2O3S/c14-11-1-3-13(4-2-11)20(18,19)16-8-5-12(6-9-16)15-7-10-17/h1-4,12,15,17H,5-10H2. The van der Waals surface area contributed by atoms with Crippen LogP contribution in [0.1, 0.15) is 12.8 Å². The average molecular weight is 302 g/mol. The van der Waals surface area contributed by atoms with Crippen molar-refractivity contribution in [1.82, 2.24) is 9.62 Å². The van der Waals surface area contributed by atoms with Crippen molar-refractivity contribution in [3.8, 4) is 0 Å². The highest BCUT2D eigenvalue weighted by molar-refractivity contribution is 7.89. The Bertz CT molecular complexity index is 525. The summed E-state index contributed by atoms with van der Waals surface area (Å²) >= 11 is 0. The van der Waals surface area contributed by atoms with Crippen LogP contribution < -0.4 is 5.32 Å². The van der Waals surface area contributed by atoms with Gasteiger partial charge in [0.25, 0.3) is 0 Å². The summed E-state index contributed by atoms with van der Waals surface area (Å²) in [5.74, 6) is -0.448. The maximum atomic E-state index is 12.8. The highest BCUT2D eigenvalue weighted by Gasteiger charge is 2.29. The molecule has 0 aromatic heterocycles. The van der Waals surface area contributed by atoms with Gasteiger partial charge in [0.05, 0.1) is 11.5 Å². The van der Waals surface area contributed by atoms with Crippen molar-refractivity contribution in [2.75, 3.05) is 26.2 Å². The average Bonchev–Trinajstić information content (AvgIpc) is 2.46. The summed E-state index contributed by atoms with van der Waals surface area (Å²) in [5, 5.41) is 11.9. The number of piperidine rings is 1. The van der Waals surface area contributed by atoms with Crippen molar-refractivity contribution < 1.29 is 17.9 Å². The SMILES string of the molecule is O=S(=O)(c1ccc(F)cc1)N1CCC(NCCO)CC1. The molecule has 2 rings (SSSR count).